The summed E-state index contributed by atoms with van der Waals surface area (Å²) in [7, 11) is 0. The van der Waals surface area contributed by atoms with Gasteiger partial charge in [-0.15, -0.1) is 0 Å². The van der Waals surface area contributed by atoms with Gasteiger partial charge in [0.15, 0.2) is 0 Å². The summed E-state index contributed by atoms with van der Waals surface area (Å²) in [5, 5.41) is 0. The Hall–Kier alpha value is -2.41. The summed E-state index contributed by atoms with van der Waals surface area (Å²) in [6, 6.07) is 8.83. The first-order valence-electron chi connectivity index (χ1n) is 8.43. The van der Waals surface area contributed by atoms with Crippen LogP contribution in [-0.2, 0) is 11.0 Å². The van der Waals surface area contributed by atoms with E-state index in [4.69, 9.17) is 0 Å². The van der Waals surface area contributed by atoms with Crippen molar-refractivity contribution in [2.75, 3.05) is 37.6 Å². The predicted molar refractivity (Wildman–Crippen MR) is 94.0 cm³/mol. The molecular weight excluding hydrogens is 343 g/mol. The summed E-state index contributed by atoms with van der Waals surface area (Å²) in [5.41, 5.74) is 0.815. The highest BCUT2D eigenvalue weighted by molar-refractivity contribution is 5.77. The van der Waals surface area contributed by atoms with Gasteiger partial charge in [-0.3, -0.25) is 9.69 Å². The number of nitrogens with zero attached hydrogens (tertiary/aromatic N) is 3. The SMILES string of the molecule is CC(=O)CN1CCN(c2ccc(-c3ccc(C(F)(F)F)cc3)cn2)CC1. The number of rotatable bonds is 4. The molecule has 1 aromatic carbocycles. The Morgan fingerprint density at radius 1 is 1.00 bits per heavy atom. The van der Waals surface area contributed by atoms with E-state index < -0.39 is 11.7 Å². The molecule has 2 aromatic rings. The van der Waals surface area contributed by atoms with Gasteiger partial charge in [0.1, 0.15) is 11.6 Å². The minimum atomic E-state index is -4.33. The van der Waals surface area contributed by atoms with Gasteiger partial charge in [-0.1, -0.05) is 12.1 Å². The summed E-state index contributed by atoms with van der Waals surface area (Å²) in [6.07, 6.45) is -2.65. The number of halogens is 3. The highest BCUT2D eigenvalue weighted by Gasteiger charge is 2.30. The molecule has 26 heavy (non-hydrogen) atoms. The van der Waals surface area contributed by atoms with E-state index in [0.29, 0.717) is 12.1 Å². The molecule has 1 aliphatic rings. The van der Waals surface area contributed by atoms with E-state index in [1.54, 1.807) is 13.1 Å². The number of hydrogen-bond acceptors (Lipinski definition) is 4. The standard InChI is InChI=1S/C19H20F3N3O/c1-14(26)13-24-8-10-25(11-9-24)18-7-4-16(12-23-18)15-2-5-17(6-3-15)19(20,21)22/h2-7,12H,8-11,13H2,1H3. The third-order valence-corrected chi connectivity index (χ3v) is 4.44. The molecule has 1 aromatic heterocycles. The van der Waals surface area contributed by atoms with E-state index in [1.807, 2.05) is 12.1 Å². The third-order valence-electron chi connectivity index (χ3n) is 4.44. The smallest absolute Gasteiger partial charge is 0.354 e. The Bertz CT molecular complexity index is 749. The van der Waals surface area contributed by atoms with Crippen LogP contribution in [0.25, 0.3) is 11.1 Å². The summed E-state index contributed by atoms with van der Waals surface area (Å²) >= 11 is 0. The lowest BCUT2D eigenvalue weighted by Gasteiger charge is -2.34. The molecule has 4 nitrogen and oxygen atoms in total. The minimum Gasteiger partial charge on any atom is -0.354 e. The Morgan fingerprint density at radius 2 is 1.62 bits per heavy atom. The second-order valence-electron chi connectivity index (χ2n) is 6.45. The molecule has 2 heterocycles. The third kappa shape index (κ3) is 4.40. The minimum absolute atomic E-state index is 0.164. The molecule has 0 spiro atoms. The zero-order valence-electron chi connectivity index (χ0n) is 14.5. The van der Waals surface area contributed by atoms with Gasteiger partial charge in [-0.25, -0.2) is 4.98 Å². The van der Waals surface area contributed by atoms with E-state index in [1.165, 1.54) is 12.1 Å². The summed E-state index contributed by atoms with van der Waals surface area (Å²) < 4.78 is 37.9. The quantitative estimate of drug-likeness (QED) is 0.833. The van der Waals surface area contributed by atoms with Crippen LogP contribution in [0.5, 0.6) is 0 Å². The number of piperazine rings is 1. The molecule has 0 atom stereocenters. The van der Waals surface area contributed by atoms with Crippen LogP contribution in [0.2, 0.25) is 0 Å². The average Bonchev–Trinajstić information content (AvgIpc) is 2.61. The van der Waals surface area contributed by atoms with Crippen LogP contribution in [0.15, 0.2) is 42.6 Å². The fraction of sp³-hybridized carbons (Fsp3) is 0.368. The molecule has 0 bridgehead atoms. The van der Waals surface area contributed by atoms with E-state index in [9.17, 15) is 18.0 Å². The molecule has 0 aliphatic carbocycles. The van der Waals surface area contributed by atoms with Crippen LogP contribution in [-0.4, -0.2) is 48.4 Å². The number of carbonyl (C=O) groups excluding carboxylic acids is 1. The first kappa shape index (κ1) is 18.4. The maximum atomic E-state index is 12.6. The summed E-state index contributed by atoms with van der Waals surface area (Å²) in [4.78, 5) is 19.9. The van der Waals surface area contributed by atoms with Crippen molar-refractivity contribution in [3.63, 3.8) is 0 Å². The maximum Gasteiger partial charge on any atom is 0.416 e. The number of pyridine rings is 1. The van der Waals surface area contributed by atoms with Gasteiger partial charge in [0.2, 0.25) is 0 Å². The summed E-state index contributed by atoms with van der Waals surface area (Å²) in [6.45, 7) is 5.27. The van der Waals surface area contributed by atoms with Crippen LogP contribution in [0.1, 0.15) is 12.5 Å². The molecule has 1 saturated heterocycles. The molecule has 138 valence electrons. The average molecular weight is 363 g/mol. The fourth-order valence-electron chi connectivity index (χ4n) is 3.05. The first-order chi connectivity index (χ1) is 12.3. The van der Waals surface area contributed by atoms with Gasteiger partial charge in [0, 0.05) is 37.9 Å². The molecule has 0 amide bonds. The van der Waals surface area contributed by atoms with E-state index in [-0.39, 0.29) is 5.78 Å². The van der Waals surface area contributed by atoms with Gasteiger partial charge < -0.3 is 4.90 Å². The number of ketones is 1. The van der Waals surface area contributed by atoms with Crippen molar-refractivity contribution < 1.29 is 18.0 Å². The molecule has 1 aliphatic heterocycles. The highest BCUT2D eigenvalue weighted by Crippen LogP contribution is 2.31. The van der Waals surface area contributed by atoms with Crippen LogP contribution < -0.4 is 4.90 Å². The Morgan fingerprint density at radius 3 is 2.12 bits per heavy atom. The Kier molecular flexibility index (Phi) is 5.27. The van der Waals surface area contributed by atoms with Crippen molar-refractivity contribution in [1.82, 2.24) is 9.88 Å². The number of carbonyl (C=O) groups is 1. The Balaban J connectivity index is 1.65. The molecule has 1 fully saturated rings. The largest absolute Gasteiger partial charge is 0.416 e. The Labute approximate surface area is 150 Å². The lowest BCUT2D eigenvalue weighted by molar-refractivity contribution is -0.137. The van der Waals surface area contributed by atoms with Crippen LogP contribution >= 0.6 is 0 Å². The second kappa shape index (κ2) is 7.45. The van der Waals surface area contributed by atoms with Crippen LogP contribution in [0.4, 0.5) is 19.0 Å². The lowest BCUT2D eigenvalue weighted by Crippen LogP contribution is -2.48. The highest BCUT2D eigenvalue weighted by atomic mass is 19.4. The van der Waals surface area contributed by atoms with E-state index in [2.05, 4.69) is 14.8 Å². The molecule has 7 heteroatoms. The van der Waals surface area contributed by atoms with Gasteiger partial charge in [-0.2, -0.15) is 13.2 Å². The van der Waals surface area contributed by atoms with Crippen molar-refractivity contribution in [2.45, 2.75) is 13.1 Å². The second-order valence-corrected chi connectivity index (χ2v) is 6.45. The van der Waals surface area contributed by atoms with Crippen LogP contribution in [0.3, 0.4) is 0 Å². The summed E-state index contributed by atoms with van der Waals surface area (Å²) in [5.74, 6) is 1.00. The van der Waals surface area contributed by atoms with Crippen molar-refractivity contribution >= 4 is 11.6 Å². The zero-order valence-corrected chi connectivity index (χ0v) is 14.5. The number of alkyl halides is 3. The first-order valence-corrected chi connectivity index (χ1v) is 8.43. The van der Waals surface area contributed by atoms with Crippen molar-refractivity contribution in [3.05, 3.63) is 48.2 Å². The molecular formula is C19H20F3N3O. The number of aromatic nitrogens is 1. The fourth-order valence-corrected chi connectivity index (χ4v) is 3.05. The van der Waals surface area contributed by atoms with Gasteiger partial charge in [-0.05, 0) is 36.8 Å². The normalized spacial score (nSPS) is 15.9. The molecule has 0 unspecified atom stereocenters. The number of Topliss-reactive ketones (excluding diaryl/α,β-unsaturated/α-hetero) is 1. The van der Waals surface area contributed by atoms with Crippen molar-refractivity contribution in [2.24, 2.45) is 0 Å². The van der Waals surface area contributed by atoms with E-state index >= 15 is 0 Å². The number of anilines is 1. The van der Waals surface area contributed by atoms with Crippen LogP contribution in [0, 0.1) is 0 Å². The maximum absolute atomic E-state index is 12.6. The number of hydrogen-bond donors (Lipinski definition) is 0. The molecule has 0 saturated carbocycles. The van der Waals surface area contributed by atoms with E-state index in [0.717, 1.165) is 49.7 Å². The lowest BCUT2D eigenvalue weighted by atomic mass is 10.1. The molecule has 0 N–H and O–H groups in total. The predicted octanol–water partition coefficient (Wildman–Crippen LogP) is 3.48. The zero-order chi connectivity index (χ0) is 18.7. The van der Waals surface area contributed by atoms with Crippen molar-refractivity contribution in [3.8, 4) is 11.1 Å². The monoisotopic (exact) mass is 363 g/mol. The molecule has 0 radical (unpaired) electrons. The molecule has 3 rings (SSSR count). The number of benzene rings is 1. The topological polar surface area (TPSA) is 36.4 Å². The van der Waals surface area contributed by atoms with Gasteiger partial charge in [0.05, 0.1) is 12.1 Å². The van der Waals surface area contributed by atoms with Crippen molar-refractivity contribution in [1.29, 1.82) is 0 Å². The van der Waals surface area contributed by atoms with Gasteiger partial charge in [0.25, 0.3) is 0 Å². The van der Waals surface area contributed by atoms with Gasteiger partial charge >= 0.3 is 6.18 Å².